The van der Waals surface area contributed by atoms with Gasteiger partial charge in [-0.05, 0) is 29.4 Å². The predicted molar refractivity (Wildman–Crippen MR) is 71.1 cm³/mol. The molecular weight excluding hydrogens is 212 g/mol. The Hall–Kier alpha value is -1.87. The number of benzene rings is 2. The SMILES string of the molecule is CCNCC(=O)Nc1ccc2ccccc2c1. The van der Waals surface area contributed by atoms with Gasteiger partial charge in [0.25, 0.3) is 0 Å². The summed E-state index contributed by atoms with van der Waals surface area (Å²) < 4.78 is 0. The van der Waals surface area contributed by atoms with Crippen molar-refractivity contribution in [3.8, 4) is 0 Å². The quantitative estimate of drug-likeness (QED) is 0.843. The summed E-state index contributed by atoms with van der Waals surface area (Å²) in [5.74, 6) is -0.0119. The molecule has 0 fully saturated rings. The van der Waals surface area contributed by atoms with Crippen molar-refractivity contribution in [3.63, 3.8) is 0 Å². The molecule has 0 saturated carbocycles. The molecule has 0 atom stereocenters. The molecule has 17 heavy (non-hydrogen) atoms. The van der Waals surface area contributed by atoms with Crippen molar-refractivity contribution in [3.05, 3.63) is 42.5 Å². The smallest absolute Gasteiger partial charge is 0.238 e. The first-order valence-corrected chi connectivity index (χ1v) is 5.79. The fourth-order valence-corrected chi connectivity index (χ4v) is 1.71. The minimum Gasteiger partial charge on any atom is -0.325 e. The van der Waals surface area contributed by atoms with Crippen molar-refractivity contribution < 1.29 is 4.79 Å². The standard InChI is InChI=1S/C14H16N2O/c1-2-15-10-14(17)16-13-8-7-11-5-3-4-6-12(11)9-13/h3-9,15H,2,10H2,1H3,(H,16,17). The molecule has 2 rings (SSSR count). The Kier molecular flexibility index (Phi) is 3.73. The fourth-order valence-electron chi connectivity index (χ4n) is 1.71. The first-order valence-electron chi connectivity index (χ1n) is 5.79. The summed E-state index contributed by atoms with van der Waals surface area (Å²) in [5.41, 5.74) is 0.839. The summed E-state index contributed by atoms with van der Waals surface area (Å²) >= 11 is 0. The first-order chi connectivity index (χ1) is 8.29. The van der Waals surface area contributed by atoms with E-state index in [4.69, 9.17) is 0 Å². The van der Waals surface area contributed by atoms with Crippen molar-refractivity contribution in [2.45, 2.75) is 6.92 Å². The second-order valence-electron chi connectivity index (χ2n) is 3.89. The number of nitrogens with one attached hydrogen (secondary N) is 2. The van der Waals surface area contributed by atoms with E-state index in [0.717, 1.165) is 17.6 Å². The molecule has 88 valence electrons. The Bertz CT molecular complexity index is 522. The molecule has 0 spiro atoms. The van der Waals surface area contributed by atoms with Crippen LogP contribution in [0.1, 0.15) is 6.92 Å². The number of hydrogen-bond donors (Lipinski definition) is 2. The third-order valence-corrected chi connectivity index (χ3v) is 2.57. The molecule has 2 aromatic carbocycles. The number of rotatable bonds is 4. The topological polar surface area (TPSA) is 41.1 Å². The van der Waals surface area contributed by atoms with Crippen LogP contribution in [0.2, 0.25) is 0 Å². The van der Waals surface area contributed by atoms with Crippen LogP contribution < -0.4 is 10.6 Å². The Morgan fingerprint density at radius 1 is 1.12 bits per heavy atom. The van der Waals surface area contributed by atoms with Gasteiger partial charge in [-0.2, -0.15) is 0 Å². The zero-order chi connectivity index (χ0) is 12.1. The molecule has 2 N–H and O–H groups in total. The maximum Gasteiger partial charge on any atom is 0.238 e. The number of carbonyl (C=O) groups excluding carboxylic acids is 1. The molecule has 0 aromatic heterocycles. The molecule has 0 saturated heterocycles. The molecular formula is C14H16N2O. The van der Waals surface area contributed by atoms with E-state index in [1.54, 1.807) is 0 Å². The molecule has 0 aliphatic carbocycles. The average Bonchev–Trinajstić information content (AvgIpc) is 2.36. The van der Waals surface area contributed by atoms with Gasteiger partial charge in [0.2, 0.25) is 5.91 Å². The van der Waals surface area contributed by atoms with E-state index >= 15 is 0 Å². The minimum atomic E-state index is -0.0119. The van der Waals surface area contributed by atoms with Crippen LogP contribution in [-0.4, -0.2) is 19.0 Å². The van der Waals surface area contributed by atoms with Gasteiger partial charge < -0.3 is 10.6 Å². The summed E-state index contributed by atoms with van der Waals surface area (Å²) in [6.45, 7) is 3.12. The van der Waals surface area contributed by atoms with Gasteiger partial charge in [-0.15, -0.1) is 0 Å². The molecule has 1 amide bonds. The molecule has 2 aromatic rings. The van der Waals surface area contributed by atoms with Gasteiger partial charge in [0.05, 0.1) is 6.54 Å². The molecule has 3 heteroatoms. The van der Waals surface area contributed by atoms with E-state index in [1.807, 2.05) is 43.3 Å². The lowest BCUT2D eigenvalue weighted by Gasteiger charge is -2.06. The summed E-state index contributed by atoms with van der Waals surface area (Å²) in [5, 5.41) is 8.17. The number of amides is 1. The first kappa shape index (κ1) is 11.6. The van der Waals surface area contributed by atoms with E-state index in [-0.39, 0.29) is 5.91 Å². The summed E-state index contributed by atoms with van der Waals surface area (Å²) in [4.78, 5) is 11.5. The predicted octanol–water partition coefficient (Wildman–Crippen LogP) is 2.39. The van der Waals surface area contributed by atoms with Gasteiger partial charge in [-0.1, -0.05) is 37.3 Å². The molecule has 0 unspecified atom stereocenters. The van der Waals surface area contributed by atoms with Crippen molar-refractivity contribution >= 4 is 22.4 Å². The Labute approximate surface area is 101 Å². The second kappa shape index (κ2) is 5.46. The van der Waals surface area contributed by atoms with Gasteiger partial charge in [0.15, 0.2) is 0 Å². The largest absolute Gasteiger partial charge is 0.325 e. The number of likely N-dealkylation sites (N-methyl/N-ethyl adjacent to an activating group) is 1. The van der Waals surface area contributed by atoms with Crippen LogP contribution in [0.3, 0.4) is 0 Å². The molecule has 0 bridgehead atoms. The van der Waals surface area contributed by atoms with Crippen molar-refractivity contribution in [2.75, 3.05) is 18.4 Å². The minimum absolute atomic E-state index is 0.0119. The lowest BCUT2D eigenvalue weighted by molar-refractivity contribution is -0.115. The third kappa shape index (κ3) is 3.04. The van der Waals surface area contributed by atoms with E-state index in [0.29, 0.717) is 6.54 Å². The second-order valence-corrected chi connectivity index (χ2v) is 3.89. The van der Waals surface area contributed by atoms with Gasteiger partial charge in [-0.3, -0.25) is 4.79 Å². The highest BCUT2D eigenvalue weighted by molar-refractivity contribution is 5.95. The number of hydrogen-bond acceptors (Lipinski definition) is 2. The number of anilines is 1. The fraction of sp³-hybridized carbons (Fsp3) is 0.214. The Balaban J connectivity index is 2.11. The zero-order valence-electron chi connectivity index (χ0n) is 9.86. The summed E-state index contributed by atoms with van der Waals surface area (Å²) in [6, 6.07) is 14.0. The van der Waals surface area contributed by atoms with Crippen LogP contribution in [-0.2, 0) is 4.79 Å². The Morgan fingerprint density at radius 2 is 1.88 bits per heavy atom. The van der Waals surface area contributed by atoms with Crippen LogP contribution >= 0.6 is 0 Å². The van der Waals surface area contributed by atoms with E-state index in [1.165, 1.54) is 5.39 Å². The molecule has 0 radical (unpaired) electrons. The zero-order valence-corrected chi connectivity index (χ0v) is 9.86. The monoisotopic (exact) mass is 228 g/mol. The van der Waals surface area contributed by atoms with Crippen molar-refractivity contribution in [1.82, 2.24) is 5.32 Å². The van der Waals surface area contributed by atoms with Crippen molar-refractivity contribution in [2.24, 2.45) is 0 Å². The maximum atomic E-state index is 11.5. The highest BCUT2D eigenvalue weighted by Gasteiger charge is 2.01. The van der Waals surface area contributed by atoms with Gasteiger partial charge in [0.1, 0.15) is 0 Å². The lowest BCUT2D eigenvalue weighted by atomic mass is 10.1. The third-order valence-electron chi connectivity index (χ3n) is 2.57. The summed E-state index contributed by atoms with van der Waals surface area (Å²) in [7, 11) is 0. The van der Waals surface area contributed by atoms with Gasteiger partial charge in [0, 0.05) is 5.69 Å². The highest BCUT2D eigenvalue weighted by Crippen LogP contribution is 2.18. The molecule has 0 aliphatic heterocycles. The highest BCUT2D eigenvalue weighted by atomic mass is 16.1. The van der Waals surface area contributed by atoms with Gasteiger partial charge >= 0.3 is 0 Å². The average molecular weight is 228 g/mol. The Morgan fingerprint density at radius 3 is 2.65 bits per heavy atom. The maximum absolute atomic E-state index is 11.5. The van der Waals surface area contributed by atoms with Crippen LogP contribution in [0, 0.1) is 0 Å². The van der Waals surface area contributed by atoms with E-state index in [2.05, 4.69) is 16.7 Å². The molecule has 0 aliphatic rings. The summed E-state index contributed by atoms with van der Waals surface area (Å²) in [6.07, 6.45) is 0. The number of carbonyl (C=O) groups is 1. The lowest BCUT2D eigenvalue weighted by Crippen LogP contribution is -2.27. The van der Waals surface area contributed by atoms with Crippen LogP contribution in [0.25, 0.3) is 10.8 Å². The van der Waals surface area contributed by atoms with Crippen LogP contribution in [0.15, 0.2) is 42.5 Å². The molecule has 0 heterocycles. The normalized spacial score (nSPS) is 10.4. The van der Waals surface area contributed by atoms with E-state index in [9.17, 15) is 4.79 Å². The van der Waals surface area contributed by atoms with Crippen LogP contribution in [0.5, 0.6) is 0 Å². The molecule has 3 nitrogen and oxygen atoms in total. The van der Waals surface area contributed by atoms with Crippen LogP contribution in [0.4, 0.5) is 5.69 Å². The van der Waals surface area contributed by atoms with Gasteiger partial charge in [-0.25, -0.2) is 0 Å². The number of fused-ring (bicyclic) bond motifs is 1. The van der Waals surface area contributed by atoms with Crippen molar-refractivity contribution in [1.29, 1.82) is 0 Å². The van der Waals surface area contributed by atoms with E-state index < -0.39 is 0 Å².